The van der Waals surface area contributed by atoms with Gasteiger partial charge in [0, 0.05) is 31.3 Å². The summed E-state index contributed by atoms with van der Waals surface area (Å²) in [6, 6.07) is 10.6. The predicted octanol–water partition coefficient (Wildman–Crippen LogP) is 3.82. The van der Waals surface area contributed by atoms with Crippen LogP contribution in [0.3, 0.4) is 0 Å². The van der Waals surface area contributed by atoms with E-state index in [0.29, 0.717) is 0 Å². The molecule has 0 saturated carbocycles. The fourth-order valence-electron chi connectivity index (χ4n) is 2.36. The Kier molecular flexibility index (Phi) is 3.41. The van der Waals surface area contributed by atoms with Crippen LogP contribution in [0.2, 0.25) is 0 Å². The van der Waals surface area contributed by atoms with Crippen molar-refractivity contribution >= 4 is 17.5 Å². The highest BCUT2D eigenvalue weighted by atomic mass is 19.1. The van der Waals surface area contributed by atoms with E-state index in [4.69, 9.17) is 4.74 Å². The van der Waals surface area contributed by atoms with Crippen molar-refractivity contribution in [1.82, 2.24) is 4.98 Å². The van der Waals surface area contributed by atoms with Gasteiger partial charge in [0.2, 0.25) is 5.72 Å². The van der Waals surface area contributed by atoms with Crippen molar-refractivity contribution in [1.29, 1.82) is 0 Å². The lowest BCUT2D eigenvalue weighted by atomic mass is 10.0. The number of benzene rings is 1. The molecule has 4 nitrogen and oxygen atoms in total. The van der Waals surface area contributed by atoms with E-state index in [1.54, 1.807) is 19.1 Å². The molecule has 1 unspecified atom stereocenters. The van der Waals surface area contributed by atoms with Crippen molar-refractivity contribution in [2.45, 2.75) is 19.6 Å². The molecular formula is C17H15FN2O2. The second kappa shape index (κ2) is 5.26. The first-order chi connectivity index (χ1) is 10.5. The fraction of sp³-hybridized carbons (Fsp3) is 0.176. The van der Waals surface area contributed by atoms with E-state index in [0.717, 1.165) is 11.3 Å². The number of nitrogens with zero attached hydrogens (tertiary/aromatic N) is 1. The van der Waals surface area contributed by atoms with Gasteiger partial charge in [0.15, 0.2) is 17.4 Å². The molecule has 0 radical (unpaired) electrons. The number of aromatic nitrogens is 1. The minimum Gasteiger partial charge on any atom is -0.459 e. The number of hydrogen-bond donors (Lipinski definition) is 1. The van der Waals surface area contributed by atoms with Crippen LogP contribution in [0.5, 0.6) is 5.75 Å². The minimum atomic E-state index is -1.39. The van der Waals surface area contributed by atoms with E-state index >= 15 is 0 Å². The zero-order valence-corrected chi connectivity index (χ0v) is 12.3. The van der Waals surface area contributed by atoms with Gasteiger partial charge in [0.05, 0.1) is 0 Å². The van der Waals surface area contributed by atoms with E-state index < -0.39 is 11.6 Å². The van der Waals surface area contributed by atoms with Crippen molar-refractivity contribution in [2.75, 3.05) is 5.32 Å². The van der Waals surface area contributed by atoms with Crippen LogP contribution in [0.1, 0.15) is 29.9 Å². The van der Waals surface area contributed by atoms with Gasteiger partial charge < -0.3 is 10.1 Å². The Morgan fingerprint density at radius 2 is 2.05 bits per heavy atom. The summed E-state index contributed by atoms with van der Waals surface area (Å²) >= 11 is 0. The Bertz CT molecular complexity index is 773. The average molecular weight is 298 g/mol. The third-order valence-electron chi connectivity index (χ3n) is 3.49. The SMILES string of the molecule is CC(=O)c1ncccc1OC1(C)Nc2ccccc2C=C1F. The number of Topliss-reactive ketones (excluding diaryl/α,β-unsaturated/α-hetero) is 1. The van der Waals surface area contributed by atoms with Crippen molar-refractivity contribution in [2.24, 2.45) is 0 Å². The number of rotatable bonds is 3. The first kappa shape index (κ1) is 14.3. The molecule has 2 aromatic rings. The first-order valence-corrected chi connectivity index (χ1v) is 6.89. The monoisotopic (exact) mass is 298 g/mol. The van der Waals surface area contributed by atoms with Gasteiger partial charge in [-0.15, -0.1) is 0 Å². The molecule has 2 heterocycles. The lowest BCUT2D eigenvalue weighted by Gasteiger charge is -2.34. The lowest BCUT2D eigenvalue weighted by molar-refractivity contribution is 0.0983. The van der Waals surface area contributed by atoms with Crippen LogP contribution in [0.4, 0.5) is 10.1 Å². The van der Waals surface area contributed by atoms with E-state index in [1.807, 2.05) is 24.3 Å². The number of halogens is 1. The topological polar surface area (TPSA) is 51.2 Å². The second-order valence-electron chi connectivity index (χ2n) is 5.25. The number of anilines is 1. The van der Waals surface area contributed by atoms with Crippen molar-refractivity contribution < 1.29 is 13.9 Å². The summed E-state index contributed by atoms with van der Waals surface area (Å²) in [6.07, 6.45) is 2.93. The normalized spacial score (nSPS) is 19.7. The standard InChI is InChI=1S/C17H15FN2O2/c1-11(21)16-14(8-5-9-19-16)22-17(2)15(18)10-12-6-3-4-7-13(12)20-17/h3-10,20H,1-2H3. The maximum absolute atomic E-state index is 14.5. The molecule has 1 atom stereocenters. The van der Waals surface area contributed by atoms with Crippen LogP contribution in [-0.4, -0.2) is 16.5 Å². The summed E-state index contributed by atoms with van der Waals surface area (Å²) in [6.45, 7) is 2.97. The molecule has 0 aliphatic carbocycles. The van der Waals surface area contributed by atoms with Crippen LogP contribution in [-0.2, 0) is 0 Å². The van der Waals surface area contributed by atoms with E-state index in [1.165, 1.54) is 19.2 Å². The lowest BCUT2D eigenvalue weighted by Crippen LogP contribution is -2.44. The molecule has 5 heteroatoms. The summed E-state index contributed by atoms with van der Waals surface area (Å²) in [4.78, 5) is 15.6. The molecule has 1 aliphatic rings. The van der Waals surface area contributed by atoms with Crippen molar-refractivity contribution in [3.8, 4) is 5.75 Å². The van der Waals surface area contributed by atoms with E-state index in [9.17, 15) is 9.18 Å². The van der Waals surface area contributed by atoms with Crippen LogP contribution in [0, 0.1) is 0 Å². The van der Waals surface area contributed by atoms with E-state index in [-0.39, 0.29) is 17.2 Å². The number of ketones is 1. The molecule has 1 aromatic heterocycles. The molecule has 0 bridgehead atoms. The van der Waals surface area contributed by atoms with Gasteiger partial charge in [-0.3, -0.25) is 4.79 Å². The molecule has 112 valence electrons. The maximum atomic E-state index is 14.5. The summed E-state index contributed by atoms with van der Waals surface area (Å²) in [7, 11) is 0. The molecule has 22 heavy (non-hydrogen) atoms. The molecule has 0 saturated heterocycles. The molecule has 0 fully saturated rings. The Morgan fingerprint density at radius 3 is 2.82 bits per heavy atom. The summed E-state index contributed by atoms with van der Waals surface area (Å²) in [5.74, 6) is -0.461. The Balaban J connectivity index is 1.98. The Morgan fingerprint density at radius 1 is 1.27 bits per heavy atom. The predicted molar refractivity (Wildman–Crippen MR) is 82.4 cm³/mol. The van der Waals surface area contributed by atoms with Gasteiger partial charge in [-0.2, -0.15) is 0 Å². The van der Waals surface area contributed by atoms with Crippen LogP contribution in [0.15, 0.2) is 48.4 Å². The number of pyridine rings is 1. The van der Waals surface area contributed by atoms with Crippen LogP contribution in [0.25, 0.3) is 6.08 Å². The van der Waals surface area contributed by atoms with Gasteiger partial charge in [-0.1, -0.05) is 18.2 Å². The smallest absolute Gasteiger partial charge is 0.230 e. The average Bonchev–Trinajstić information content (AvgIpc) is 2.48. The molecule has 1 aromatic carbocycles. The number of carbonyl (C=O) groups is 1. The summed E-state index contributed by atoms with van der Waals surface area (Å²) in [5.41, 5.74) is 0.303. The van der Waals surface area contributed by atoms with Gasteiger partial charge in [-0.25, -0.2) is 9.37 Å². The molecule has 0 amide bonds. The molecule has 3 rings (SSSR count). The number of nitrogens with one attached hydrogen (secondary N) is 1. The largest absolute Gasteiger partial charge is 0.459 e. The molecule has 0 spiro atoms. The number of hydrogen-bond acceptors (Lipinski definition) is 4. The van der Waals surface area contributed by atoms with Gasteiger partial charge in [-0.05, 0) is 24.3 Å². The summed E-state index contributed by atoms with van der Waals surface area (Å²) < 4.78 is 20.3. The second-order valence-corrected chi connectivity index (χ2v) is 5.25. The third kappa shape index (κ3) is 2.45. The van der Waals surface area contributed by atoms with E-state index in [2.05, 4.69) is 10.3 Å². The van der Waals surface area contributed by atoms with Gasteiger partial charge >= 0.3 is 0 Å². The highest BCUT2D eigenvalue weighted by Gasteiger charge is 2.36. The zero-order chi connectivity index (χ0) is 15.7. The fourth-order valence-corrected chi connectivity index (χ4v) is 2.36. The third-order valence-corrected chi connectivity index (χ3v) is 3.49. The van der Waals surface area contributed by atoms with Gasteiger partial charge in [0.25, 0.3) is 0 Å². The zero-order valence-electron chi connectivity index (χ0n) is 12.3. The Labute approximate surface area is 127 Å². The number of para-hydroxylation sites is 1. The first-order valence-electron chi connectivity index (χ1n) is 6.89. The number of carbonyl (C=O) groups excluding carboxylic acids is 1. The Hall–Kier alpha value is -2.69. The van der Waals surface area contributed by atoms with Gasteiger partial charge in [0.1, 0.15) is 5.69 Å². The van der Waals surface area contributed by atoms with Crippen molar-refractivity contribution in [3.05, 3.63) is 59.7 Å². The van der Waals surface area contributed by atoms with Crippen LogP contribution >= 0.6 is 0 Å². The van der Waals surface area contributed by atoms with Crippen molar-refractivity contribution in [3.63, 3.8) is 0 Å². The minimum absolute atomic E-state index is 0.178. The molecular weight excluding hydrogens is 283 g/mol. The number of ether oxygens (including phenoxy) is 1. The number of fused-ring (bicyclic) bond motifs is 1. The molecule has 1 N–H and O–H groups in total. The quantitative estimate of drug-likeness (QED) is 0.875. The summed E-state index contributed by atoms with van der Waals surface area (Å²) in [5, 5.41) is 3.03. The highest BCUT2D eigenvalue weighted by molar-refractivity contribution is 5.94. The maximum Gasteiger partial charge on any atom is 0.230 e. The molecule has 1 aliphatic heterocycles. The highest BCUT2D eigenvalue weighted by Crippen LogP contribution is 2.36. The van der Waals surface area contributed by atoms with Crippen LogP contribution < -0.4 is 10.1 Å².